The van der Waals surface area contributed by atoms with E-state index in [9.17, 15) is 0 Å². The number of nitrogens with zero attached hydrogens (tertiary/aromatic N) is 2. The van der Waals surface area contributed by atoms with Gasteiger partial charge in [-0.05, 0) is 34.6 Å². The second-order valence-electron chi connectivity index (χ2n) is 7.21. The Morgan fingerprint density at radius 1 is 1.45 bits per heavy atom. The Kier molecular flexibility index (Phi) is 4.82. The molecule has 1 fully saturated rings. The summed E-state index contributed by atoms with van der Waals surface area (Å²) in [5, 5.41) is 7.58. The van der Waals surface area contributed by atoms with Gasteiger partial charge in [0, 0.05) is 41.7 Å². The van der Waals surface area contributed by atoms with Crippen LogP contribution in [0.2, 0.25) is 0 Å². The second-order valence-corrected chi connectivity index (χ2v) is 9.01. The second kappa shape index (κ2) is 6.08. The van der Waals surface area contributed by atoms with Crippen LogP contribution in [0.3, 0.4) is 0 Å². The average Bonchev–Trinajstić information content (AvgIpc) is 2.72. The van der Waals surface area contributed by atoms with E-state index >= 15 is 0 Å². The fourth-order valence-electron chi connectivity index (χ4n) is 2.34. The molecular weight excluding hydrogens is 270 g/mol. The first-order valence-electron chi connectivity index (χ1n) is 7.29. The highest BCUT2D eigenvalue weighted by molar-refractivity contribution is 8.00. The maximum Gasteiger partial charge on any atom is 0.151 e. The lowest BCUT2D eigenvalue weighted by Gasteiger charge is -2.36. The predicted molar refractivity (Wildman–Crippen MR) is 84.9 cm³/mol. The third-order valence-corrected chi connectivity index (χ3v) is 4.59. The molecule has 1 aromatic rings. The highest BCUT2D eigenvalue weighted by Crippen LogP contribution is 2.30. The summed E-state index contributed by atoms with van der Waals surface area (Å²) in [6, 6.07) is 2.08. The van der Waals surface area contributed by atoms with Crippen LogP contribution in [0.15, 0.2) is 10.6 Å². The van der Waals surface area contributed by atoms with Crippen LogP contribution in [0.5, 0.6) is 0 Å². The minimum atomic E-state index is 0.104. The summed E-state index contributed by atoms with van der Waals surface area (Å²) in [6.45, 7) is 14.9. The van der Waals surface area contributed by atoms with Crippen LogP contribution in [-0.4, -0.2) is 39.2 Å². The van der Waals surface area contributed by atoms with E-state index in [0.717, 1.165) is 37.6 Å². The Morgan fingerprint density at radius 3 is 2.85 bits per heavy atom. The molecule has 0 bridgehead atoms. The van der Waals surface area contributed by atoms with Crippen LogP contribution in [0.4, 0.5) is 0 Å². The molecule has 2 heterocycles. The maximum atomic E-state index is 5.46. The molecular formula is C15H27N3OS. The fraction of sp³-hybridized carbons (Fsp3) is 0.800. The summed E-state index contributed by atoms with van der Waals surface area (Å²) < 4.78 is 5.80. The third-order valence-electron chi connectivity index (χ3n) is 3.29. The molecule has 1 aliphatic rings. The van der Waals surface area contributed by atoms with Crippen LogP contribution in [-0.2, 0) is 13.1 Å². The Morgan fingerprint density at radius 2 is 2.20 bits per heavy atom. The number of hydrogen-bond donors (Lipinski definition) is 1. The molecule has 1 saturated heterocycles. The lowest BCUT2D eigenvalue weighted by atomic mass is 10.1. The van der Waals surface area contributed by atoms with Gasteiger partial charge in [0.05, 0.1) is 12.2 Å². The van der Waals surface area contributed by atoms with Crippen molar-refractivity contribution in [2.45, 2.75) is 58.0 Å². The van der Waals surface area contributed by atoms with Gasteiger partial charge in [0.15, 0.2) is 5.76 Å². The molecule has 0 aromatic carbocycles. The maximum absolute atomic E-state index is 5.46. The van der Waals surface area contributed by atoms with Crippen molar-refractivity contribution in [3.8, 4) is 0 Å². The molecule has 114 valence electrons. The van der Waals surface area contributed by atoms with Gasteiger partial charge in [-0.2, -0.15) is 11.8 Å². The molecule has 0 aliphatic carbocycles. The normalized spacial score (nSPS) is 20.2. The quantitative estimate of drug-likeness (QED) is 0.925. The number of aromatic nitrogens is 1. The molecule has 2 rings (SSSR count). The number of hydrogen-bond acceptors (Lipinski definition) is 5. The van der Waals surface area contributed by atoms with E-state index in [1.165, 1.54) is 5.75 Å². The smallest absolute Gasteiger partial charge is 0.151 e. The van der Waals surface area contributed by atoms with E-state index < -0.39 is 0 Å². The summed E-state index contributed by atoms with van der Waals surface area (Å²) in [4.78, 5) is 2.46. The molecule has 0 radical (unpaired) electrons. The van der Waals surface area contributed by atoms with Gasteiger partial charge in [-0.15, -0.1) is 0 Å². The molecule has 5 heteroatoms. The van der Waals surface area contributed by atoms with Gasteiger partial charge in [-0.25, -0.2) is 0 Å². The van der Waals surface area contributed by atoms with Gasteiger partial charge in [-0.1, -0.05) is 5.16 Å². The zero-order valence-electron chi connectivity index (χ0n) is 13.3. The zero-order valence-corrected chi connectivity index (χ0v) is 14.1. The van der Waals surface area contributed by atoms with Gasteiger partial charge >= 0.3 is 0 Å². The first-order chi connectivity index (χ1) is 9.23. The van der Waals surface area contributed by atoms with Crippen LogP contribution >= 0.6 is 11.8 Å². The summed E-state index contributed by atoms with van der Waals surface area (Å²) in [5.74, 6) is 2.16. The minimum absolute atomic E-state index is 0.104. The molecule has 0 atom stereocenters. The Bertz CT molecular complexity index is 437. The van der Waals surface area contributed by atoms with Gasteiger partial charge in [0.1, 0.15) is 0 Å². The fourth-order valence-corrected chi connectivity index (χ4v) is 3.51. The van der Waals surface area contributed by atoms with Gasteiger partial charge in [0.2, 0.25) is 0 Å². The van der Waals surface area contributed by atoms with Crippen LogP contribution in [0.25, 0.3) is 0 Å². The van der Waals surface area contributed by atoms with E-state index in [1.807, 2.05) is 0 Å². The summed E-state index contributed by atoms with van der Waals surface area (Å²) >= 11 is 2.05. The van der Waals surface area contributed by atoms with E-state index in [0.29, 0.717) is 4.75 Å². The first-order valence-corrected chi connectivity index (χ1v) is 8.28. The zero-order chi connectivity index (χ0) is 14.8. The van der Waals surface area contributed by atoms with Crippen molar-refractivity contribution in [3.63, 3.8) is 0 Å². The SMILES string of the molecule is CC(C)(C)NCc1cc(CN2CCSC(C)(C)C2)on1. The molecule has 1 aliphatic heterocycles. The highest BCUT2D eigenvalue weighted by atomic mass is 32.2. The van der Waals surface area contributed by atoms with E-state index in [2.05, 4.69) is 67.8 Å². The standard InChI is InChI=1S/C15H27N3OS/c1-14(2,3)16-9-12-8-13(19-17-12)10-18-6-7-20-15(4,5)11-18/h8,16H,6-7,9-11H2,1-5H3. The van der Waals surface area contributed by atoms with E-state index in [4.69, 9.17) is 4.52 Å². The van der Waals surface area contributed by atoms with Crippen LogP contribution < -0.4 is 5.32 Å². The van der Waals surface area contributed by atoms with Crippen molar-refractivity contribution in [1.82, 2.24) is 15.4 Å². The minimum Gasteiger partial charge on any atom is -0.360 e. The molecule has 1 aromatic heterocycles. The van der Waals surface area contributed by atoms with Gasteiger partial charge < -0.3 is 9.84 Å². The number of rotatable bonds is 4. The van der Waals surface area contributed by atoms with Gasteiger partial charge in [-0.3, -0.25) is 4.90 Å². The monoisotopic (exact) mass is 297 g/mol. The predicted octanol–water partition coefficient (Wildman–Crippen LogP) is 2.89. The molecule has 0 unspecified atom stereocenters. The lowest BCUT2D eigenvalue weighted by Crippen LogP contribution is -2.42. The molecule has 1 N–H and O–H groups in total. The largest absolute Gasteiger partial charge is 0.360 e. The van der Waals surface area contributed by atoms with E-state index in [-0.39, 0.29) is 5.54 Å². The number of nitrogens with one attached hydrogen (secondary N) is 1. The summed E-state index contributed by atoms with van der Waals surface area (Å²) in [5.41, 5.74) is 1.09. The molecule has 0 amide bonds. The van der Waals surface area contributed by atoms with Crippen LogP contribution in [0, 0.1) is 0 Å². The lowest BCUT2D eigenvalue weighted by molar-refractivity contribution is 0.221. The van der Waals surface area contributed by atoms with Crippen molar-refractivity contribution >= 4 is 11.8 Å². The Hall–Kier alpha value is -0.520. The molecule has 20 heavy (non-hydrogen) atoms. The van der Waals surface area contributed by atoms with Gasteiger partial charge in [0.25, 0.3) is 0 Å². The summed E-state index contributed by atoms with van der Waals surface area (Å²) in [7, 11) is 0. The summed E-state index contributed by atoms with van der Waals surface area (Å²) in [6.07, 6.45) is 0. The van der Waals surface area contributed by atoms with Crippen molar-refractivity contribution in [2.24, 2.45) is 0 Å². The van der Waals surface area contributed by atoms with E-state index in [1.54, 1.807) is 0 Å². The average molecular weight is 297 g/mol. The van der Waals surface area contributed by atoms with Crippen LogP contribution in [0.1, 0.15) is 46.1 Å². The highest BCUT2D eigenvalue weighted by Gasteiger charge is 2.27. The molecule has 4 nitrogen and oxygen atoms in total. The van der Waals surface area contributed by atoms with Crippen molar-refractivity contribution in [1.29, 1.82) is 0 Å². The third kappa shape index (κ3) is 5.11. The van der Waals surface area contributed by atoms with Crippen molar-refractivity contribution in [3.05, 3.63) is 17.5 Å². The Labute approximate surface area is 126 Å². The Balaban J connectivity index is 1.86. The topological polar surface area (TPSA) is 41.3 Å². The first kappa shape index (κ1) is 15.9. The number of thioether (sulfide) groups is 1. The van der Waals surface area contributed by atoms with Crippen molar-refractivity contribution < 1.29 is 4.52 Å². The van der Waals surface area contributed by atoms with Crippen molar-refractivity contribution in [2.75, 3.05) is 18.8 Å². The molecule has 0 saturated carbocycles. The molecule has 0 spiro atoms.